The highest BCUT2D eigenvalue weighted by molar-refractivity contribution is 7.70. The first-order valence-electron chi connectivity index (χ1n) is 1.76. The molecule has 7 heavy (non-hydrogen) atoms. The average Bonchev–Trinajstić information content (AvgIpc) is 1.61. The lowest BCUT2D eigenvalue weighted by atomic mass is 10.7. The Hall–Kier alpha value is -0.350. The number of hydrogen-bond acceptors (Lipinski definition) is 2. The molecule has 42 valence electrons. The molecular weight excluding hydrogens is 114 g/mol. The Morgan fingerprint density at radius 3 is 2.43 bits per heavy atom. The van der Waals surface area contributed by atoms with Gasteiger partial charge in [0.2, 0.25) is 10.9 Å². The third kappa shape index (κ3) is 5.65. The van der Waals surface area contributed by atoms with Crippen LogP contribution in [0.4, 0.5) is 0 Å². The van der Waals surface area contributed by atoms with E-state index in [1.807, 2.05) is 0 Å². The molecule has 0 rings (SSSR count). The molecule has 0 bridgehead atoms. The van der Waals surface area contributed by atoms with Gasteiger partial charge < -0.3 is 0 Å². The van der Waals surface area contributed by atoms with Gasteiger partial charge in [-0.15, -0.1) is 6.58 Å². The molecular formula is C3H7NO2S. The molecule has 0 amide bonds. The number of rotatable bonds is 3. The van der Waals surface area contributed by atoms with E-state index in [2.05, 4.69) is 11.3 Å². The van der Waals surface area contributed by atoms with E-state index in [-0.39, 0.29) is 0 Å². The molecule has 0 radical (unpaired) electrons. The molecule has 0 unspecified atom stereocenters. The monoisotopic (exact) mass is 121 g/mol. The first-order chi connectivity index (χ1) is 3.27. The molecule has 0 aromatic rings. The molecule has 0 aromatic carbocycles. The van der Waals surface area contributed by atoms with Crippen LogP contribution in [-0.4, -0.2) is 15.0 Å². The van der Waals surface area contributed by atoms with E-state index in [1.165, 1.54) is 6.08 Å². The summed E-state index contributed by atoms with van der Waals surface area (Å²) in [5, 5.41) is 0. The minimum Gasteiger partial charge on any atom is -0.216 e. The summed E-state index contributed by atoms with van der Waals surface area (Å²) in [7, 11) is -2.43. The van der Waals surface area contributed by atoms with E-state index in [9.17, 15) is 8.42 Å². The fraction of sp³-hybridized carbons (Fsp3) is 0.333. The lowest BCUT2D eigenvalue weighted by Crippen LogP contribution is -2.09. The number of hydrogen-bond donors (Lipinski definition) is 2. The summed E-state index contributed by atoms with van der Waals surface area (Å²) < 4.78 is 21.4. The summed E-state index contributed by atoms with van der Waals surface area (Å²) in [4.78, 5) is 0. The third-order valence-corrected chi connectivity index (χ3v) is 0.805. The van der Waals surface area contributed by atoms with Gasteiger partial charge in [0.15, 0.2) is 0 Å². The zero-order valence-electron chi connectivity index (χ0n) is 3.76. The molecule has 0 heterocycles. The van der Waals surface area contributed by atoms with Gasteiger partial charge in [-0.05, 0) is 0 Å². The van der Waals surface area contributed by atoms with Crippen molar-refractivity contribution in [3.05, 3.63) is 12.7 Å². The summed E-state index contributed by atoms with van der Waals surface area (Å²) in [6.45, 7) is 3.62. The molecule has 1 N–H and O–H groups in total. The van der Waals surface area contributed by atoms with Crippen LogP contribution in [0.5, 0.6) is 0 Å². The van der Waals surface area contributed by atoms with Crippen LogP contribution in [0.15, 0.2) is 12.7 Å². The fourth-order valence-electron chi connectivity index (χ4n) is 0.139. The largest absolute Gasteiger partial charge is 0.216 e. The number of nitrogens with one attached hydrogen (secondary N) is 1. The second-order valence-electron chi connectivity index (χ2n) is 0.908. The Balaban J connectivity index is 3.14. The smallest absolute Gasteiger partial charge is 0.201 e. The van der Waals surface area contributed by atoms with E-state index in [0.717, 1.165) is 0 Å². The molecule has 0 fully saturated rings. The first kappa shape index (κ1) is 6.65. The van der Waals surface area contributed by atoms with Gasteiger partial charge in [-0.25, -0.2) is 13.1 Å². The Labute approximate surface area is 44.1 Å². The van der Waals surface area contributed by atoms with Gasteiger partial charge in [-0.1, -0.05) is 6.08 Å². The second-order valence-corrected chi connectivity index (χ2v) is 1.74. The normalized spacial score (nSPS) is 9.29. The van der Waals surface area contributed by atoms with Crippen LogP contribution in [-0.2, 0) is 10.9 Å². The van der Waals surface area contributed by atoms with Gasteiger partial charge >= 0.3 is 0 Å². The van der Waals surface area contributed by atoms with Gasteiger partial charge in [0, 0.05) is 6.54 Å². The molecule has 0 saturated heterocycles. The van der Waals surface area contributed by atoms with Crippen molar-refractivity contribution in [2.45, 2.75) is 0 Å². The summed E-state index contributed by atoms with van der Waals surface area (Å²) in [6, 6.07) is 0. The lowest BCUT2D eigenvalue weighted by Gasteiger charge is -1.81. The van der Waals surface area contributed by atoms with Crippen LogP contribution in [0.3, 0.4) is 0 Å². The van der Waals surface area contributed by atoms with E-state index in [0.29, 0.717) is 6.54 Å². The molecule has 0 spiro atoms. The van der Waals surface area contributed by atoms with Crippen LogP contribution in [0.1, 0.15) is 0 Å². The Bertz CT molecular complexity index is 110. The molecule has 0 aliphatic rings. The molecule has 0 aromatic heterocycles. The van der Waals surface area contributed by atoms with Crippen molar-refractivity contribution >= 4 is 10.9 Å². The SMILES string of the molecule is C=CCN[SH](=O)=O. The lowest BCUT2D eigenvalue weighted by molar-refractivity contribution is 0.605. The highest BCUT2D eigenvalue weighted by atomic mass is 32.2. The van der Waals surface area contributed by atoms with Crippen molar-refractivity contribution in [2.75, 3.05) is 6.54 Å². The maximum Gasteiger partial charge on any atom is 0.201 e. The minimum absolute atomic E-state index is 0.318. The molecule has 0 atom stereocenters. The van der Waals surface area contributed by atoms with E-state index >= 15 is 0 Å². The van der Waals surface area contributed by atoms with Crippen molar-refractivity contribution in [1.82, 2.24) is 4.72 Å². The van der Waals surface area contributed by atoms with E-state index in [1.54, 1.807) is 0 Å². The molecule has 0 saturated carbocycles. The van der Waals surface area contributed by atoms with Crippen molar-refractivity contribution in [2.24, 2.45) is 0 Å². The average molecular weight is 121 g/mol. The quantitative estimate of drug-likeness (QED) is 0.382. The fourth-order valence-corrected chi connectivity index (χ4v) is 0.417. The van der Waals surface area contributed by atoms with Gasteiger partial charge in [0.25, 0.3) is 0 Å². The summed E-state index contributed by atoms with van der Waals surface area (Å²) in [5.41, 5.74) is 0. The van der Waals surface area contributed by atoms with Gasteiger partial charge in [0.05, 0.1) is 0 Å². The van der Waals surface area contributed by atoms with Gasteiger partial charge in [-0.3, -0.25) is 0 Å². The molecule has 4 heteroatoms. The Kier molecular flexibility index (Phi) is 3.64. The first-order valence-corrected chi connectivity index (χ1v) is 2.94. The van der Waals surface area contributed by atoms with Crippen LogP contribution in [0, 0.1) is 0 Å². The molecule has 0 aliphatic carbocycles. The molecule has 3 nitrogen and oxygen atoms in total. The Morgan fingerprint density at radius 2 is 2.29 bits per heavy atom. The van der Waals surface area contributed by atoms with Crippen molar-refractivity contribution in [1.29, 1.82) is 0 Å². The van der Waals surface area contributed by atoms with E-state index in [4.69, 9.17) is 0 Å². The Morgan fingerprint density at radius 1 is 1.71 bits per heavy atom. The summed E-state index contributed by atoms with van der Waals surface area (Å²) in [5.74, 6) is 0. The van der Waals surface area contributed by atoms with Gasteiger partial charge in [0.1, 0.15) is 0 Å². The standard InChI is InChI=1S/C3H7NO2S/c1-2-3-4-7(5)6/h2,7H,1,3H2,(H,4,5,6). The van der Waals surface area contributed by atoms with Crippen molar-refractivity contribution in [3.8, 4) is 0 Å². The van der Waals surface area contributed by atoms with Crippen LogP contribution in [0.25, 0.3) is 0 Å². The highest BCUT2D eigenvalue weighted by Gasteiger charge is 1.73. The topological polar surface area (TPSA) is 46.2 Å². The van der Waals surface area contributed by atoms with Gasteiger partial charge in [-0.2, -0.15) is 0 Å². The summed E-state index contributed by atoms with van der Waals surface area (Å²) in [6.07, 6.45) is 1.48. The minimum atomic E-state index is -2.43. The zero-order chi connectivity index (χ0) is 5.70. The maximum atomic E-state index is 9.64. The number of thiol groups is 1. The van der Waals surface area contributed by atoms with Crippen LogP contribution in [0.2, 0.25) is 0 Å². The summed E-state index contributed by atoms with van der Waals surface area (Å²) >= 11 is 0. The predicted octanol–water partition coefficient (Wildman–Crippen LogP) is -0.712. The maximum absolute atomic E-state index is 9.64. The zero-order valence-corrected chi connectivity index (χ0v) is 4.65. The predicted molar refractivity (Wildman–Crippen MR) is 28.5 cm³/mol. The van der Waals surface area contributed by atoms with Crippen molar-refractivity contribution in [3.63, 3.8) is 0 Å². The second kappa shape index (κ2) is 3.83. The van der Waals surface area contributed by atoms with Crippen molar-refractivity contribution < 1.29 is 8.42 Å². The van der Waals surface area contributed by atoms with E-state index < -0.39 is 10.9 Å². The van der Waals surface area contributed by atoms with Crippen LogP contribution < -0.4 is 4.72 Å². The highest BCUT2D eigenvalue weighted by Crippen LogP contribution is 1.55. The molecule has 0 aliphatic heterocycles. The van der Waals surface area contributed by atoms with Crippen LogP contribution >= 0.6 is 0 Å². The third-order valence-electron chi connectivity index (χ3n) is 0.365.